The van der Waals surface area contributed by atoms with E-state index in [0.29, 0.717) is 24.5 Å². The standard InChI is InChI=1S/C27H29FO7S/c1-18-12-23(33-10-5-11-36(3,31)32)13-19(2)27(18)21-7-4-6-20(14-21)16-34-22-8-9-25(24(28)15-22)35-17-26(29)30/h4,6-9,12-15H,5,10-11,16-17H2,1-3H3,(H,29,30). The Kier molecular flexibility index (Phi) is 8.93. The summed E-state index contributed by atoms with van der Waals surface area (Å²) in [5.41, 5.74) is 4.99. The van der Waals surface area contributed by atoms with Gasteiger partial charge in [-0.3, -0.25) is 0 Å². The summed E-state index contributed by atoms with van der Waals surface area (Å²) in [6.45, 7) is 3.89. The lowest BCUT2D eigenvalue weighted by molar-refractivity contribution is -0.139. The van der Waals surface area contributed by atoms with Crippen LogP contribution in [0.3, 0.4) is 0 Å². The Morgan fingerprint density at radius 3 is 2.31 bits per heavy atom. The van der Waals surface area contributed by atoms with Crippen molar-refractivity contribution >= 4 is 15.8 Å². The summed E-state index contributed by atoms with van der Waals surface area (Å²) < 4.78 is 53.1. The second-order valence-corrected chi connectivity index (χ2v) is 10.8. The van der Waals surface area contributed by atoms with E-state index in [2.05, 4.69) is 0 Å². The fraction of sp³-hybridized carbons (Fsp3) is 0.296. The van der Waals surface area contributed by atoms with E-state index in [1.165, 1.54) is 18.4 Å². The van der Waals surface area contributed by atoms with Crippen LogP contribution in [0.15, 0.2) is 54.6 Å². The summed E-state index contributed by atoms with van der Waals surface area (Å²) in [6, 6.07) is 15.7. The minimum absolute atomic E-state index is 0.0905. The molecular formula is C27H29FO7S. The van der Waals surface area contributed by atoms with Crippen LogP contribution in [-0.4, -0.2) is 44.7 Å². The lowest BCUT2D eigenvalue weighted by Crippen LogP contribution is -2.10. The predicted octanol–water partition coefficient (Wildman–Crippen LogP) is 4.97. The molecule has 0 bridgehead atoms. The van der Waals surface area contributed by atoms with E-state index < -0.39 is 28.2 Å². The molecule has 0 aliphatic heterocycles. The molecule has 1 N–H and O–H groups in total. The van der Waals surface area contributed by atoms with Gasteiger partial charge in [0.15, 0.2) is 18.2 Å². The number of ether oxygens (including phenoxy) is 3. The van der Waals surface area contributed by atoms with Crippen molar-refractivity contribution in [2.45, 2.75) is 26.9 Å². The molecule has 3 aromatic rings. The van der Waals surface area contributed by atoms with E-state index in [1.807, 2.05) is 50.2 Å². The first kappa shape index (κ1) is 27.0. The fourth-order valence-electron chi connectivity index (χ4n) is 3.78. The highest BCUT2D eigenvalue weighted by atomic mass is 32.2. The van der Waals surface area contributed by atoms with E-state index >= 15 is 0 Å². The fourth-order valence-corrected chi connectivity index (χ4v) is 4.43. The number of aryl methyl sites for hydroxylation is 2. The minimum atomic E-state index is -3.01. The molecule has 3 rings (SSSR count). The van der Waals surface area contributed by atoms with Crippen molar-refractivity contribution in [3.8, 4) is 28.4 Å². The van der Waals surface area contributed by atoms with Crippen molar-refractivity contribution < 1.29 is 36.9 Å². The van der Waals surface area contributed by atoms with E-state index in [9.17, 15) is 17.6 Å². The van der Waals surface area contributed by atoms with Gasteiger partial charge >= 0.3 is 5.97 Å². The van der Waals surface area contributed by atoms with Crippen molar-refractivity contribution in [2.75, 3.05) is 25.2 Å². The lowest BCUT2D eigenvalue weighted by Gasteiger charge is -2.15. The SMILES string of the molecule is Cc1cc(OCCCS(C)(=O)=O)cc(C)c1-c1cccc(COc2ccc(OCC(=O)O)c(F)c2)c1. The average molecular weight is 517 g/mol. The third-order valence-electron chi connectivity index (χ3n) is 5.31. The van der Waals surface area contributed by atoms with Crippen LogP contribution >= 0.6 is 0 Å². The molecule has 0 saturated carbocycles. The van der Waals surface area contributed by atoms with Gasteiger partial charge in [-0.2, -0.15) is 0 Å². The predicted molar refractivity (Wildman–Crippen MR) is 135 cm³/mol. The Labute approximate surface area is 210 Å². The Hall–Kier alpha value is -3.59. The summed E-state index contributed by atoms with van der Waals surface area (Å²) >= 11 is 0. The number of halogens is 1. The number of aliphatic carboxylic acids is 1. The van der Waals surface area contributed by atoms with Crippen LogP contribution in [0, 0.1) is 19.7 Å². The van der Waals surface area contributed by atoms with Gasteiger partial charge in [0, 0.05) is 12.3 Å². The number of carboxylic acids is 1. The molecule has 3 aromatic carbocycles. The molecule has 0 heterocycles. The molecule has 0 aromatic heterocycles. The Balaban J connectivity index is 1.67. The van der Waals surface area contributed by atoms with E-state index in [1.54, 1.807) is 0 Å². The molecule has 0 aliphatic rings. The zero-order valence-electron chi connectivity index (χ0n) is 20.4. The summed E-state index contributed by atoms with van der Waals surface area (Å²) in [5.74, 6) is -0.961. The molecule has 7 nitrogen and oxygen atoms in total. The number of hydrogen-bond acceptors (Lipinski definition) is 6. The van der Waals surface area contributed by atoms with Crippen LogP contribution in [0.5, 0.6) is 17.2 Å². The smallest absolute Gasteiger partial charge is 0.341 e. The van der Waals surface area contributed by atoms with Crippen LogP contribution in [0.1, 0.15) is 23.1 Å². The largest absolute Gasteiger partial charge is 0.494 e. The maximum Gasteiger partial charge on any atom is 0.341 e. The first-order valence-corrected chi connectivity index (χ1v) is 13.4. The van der Waals surface area contributed by atoms with Gasteiger partial charge in [0.1, 0.15) is 27.9 Å². The van der Waals surface area contributed by atoms with E-state index in [-0.39, 0.29) is 18.1 Å². The molecule has 0 radical (unpaired) electrons. The van der Waals surface area contributed by atoms with Crippen molar-refractivity contribution in [3.63, 3.8) is 0 Å². The second-order valence-electron chi connectivity index (χ2n) is 8.53. The van der Waals surface area contributed by atoms with Gasteiger partial charge in [-0.25, -0.2) is 17.6 Å². The topological polar surface area (TPSA) is 99.1 Å². The molecular weight excluding hydrogens is 487 g/mol. The van der Waals surface area contributed by atoms with Crippen LogP contribution in [0.2, 0.25) is 0 Å². The summed E-state index contributed by atoms with van der Waals surface area (Å²) in [6.07, 6.45) is 1.64. The number of hydrogen-bond donors (Lipinski definition) is 1. The maximum atomic E-state index is 14.1. The van der Waals surface area contributed by atoms with Crippen LogP contribution in [0.25, 0.3) is 11.1 Å². The molecule has 0 fully saturated rings. The van der Waals surface area contributed by atoms with E-state index in [4.69, 9.17) is 19.3 Å². The Morgan fingerprint density at radius 1 is 0.944 bits per heavy atom. The normalized spacial score (nSPS) is 11.2. The molecule has 9 heteroatoms. The van der Waals surface area contributed by atoms with Crippen molar-refractivity contribution in [1.29, 1.82) is 0 Å². The van der Waals surface area contributed by atoms with Gasteiger partial charge in [0.05, 0.1) is 12.4 Å². The Morgan fingerprint density at radius 2 is 1.67 bits per heavy atom. The quantitative estimate of drug-likeness (QED) is 0.340. The monoisotopic (exact) mass is 516 g/mol. The highest BCUT2D eigenvalue weighted by molar-refractivity contribution is 7.90. The van der Waals surface area contributed by atoms with Crippen molar-refractivity contribution in [1.82, 2.24) is 0 Å². The number of sulfone groups is 1. The molecule has 0 atom stereocenters. The molecule has 192 valence electrons. The van der Waals surface area contributed by atoms with Gasteiger partial charge in [-0.1, -0.05) is 18.2 Å². The van der Waals surface area contributed by atoms with Crippen LogP contribution in [-0.2, 0) is 21.2 Å². The third-order valence-corrected chi connectivity index (χ3v) is 6.34. The minimum Gasteiger partial charge on any atom is -0.494 e. The van der Waals surface area contributed by atoms with Gasteiger partial charge in [-0.15, -0.1) is 0 Å². The molecule has 0 amide bonds. The average Bonchev–Trinajstić information content (AvgIpc) is 2.79. The van der Waals surface area contributed by atoms with Gasteiger partial charge < -0.3 is 19.3 Å². The molecule has 0 saturated heterocycles. The summed E-state index contributed by atoms with van der Waals surface area (Å²) in [7, 11) is -3.01. The highest BCUT2D eigenvalue weighted by Gasteiger charge is 2.11. The molecule has 0 unspecified atom stereocenters. The molecule has 0 aliphatic carbocycles. The van der Waals surface area contributed by atoms with Gasteiger partial charge in [0.25, 0.3) is 0 Å². The number of benzene rings is 3. The van der Waals surface area contributed by atoms with Crippen LogP contribution in [0.4, 0.5) is 4.39 Å². The van der Waals surface area contributed by atoms with Crippen molar-refractivity contribution in [3.05, 3.63) is 77.1 Å². The first-order valence-electron chi connectivity index (χ1n) is 11.3. The van der Waals surface area contributed by atoms with Crippen molar-refractivity contribution in [2.24, 2.45) is 0 Å². The highest BCUT2D eigenvalue weighted by Crippen LogP contribution is 2.32. The lowest BCUT2D eigenvalue weighted by atomic mass is 9.94. The van der Waals surface area contributed by atoms with Gasteiger partial charge in [-0.05, 0) is 78.4 Å². The first-order chi connectivity index (χ1) is 17.0. The third kappa shape index (κ3) is 7.98. The number of carbonyl (C=O) groups is 1. The zero-order chi connectivity index (χ0) is 26.3. The maximum absolute atomic E-state index is 14.1. The van der Waals surface area contributed by atoms with Gasteiger partial charge in [0.2, 0.25) is 0 Å². The number of carboxylic acid groups (broad SMARTS) is 1. The molecule has 0 spiro atoms. The van der Waals surface area contributed by atoms with Crippen LogP contribution < -0.4 is 14.2 Å². The summed E-state index contributed by atoms with van der Waals surface area (Å²) in [4.78, 5) is 10.6. The van der Waals surface area contributed by atoms with E-state index in [0.717, 1.165) is 33.9 Å². The number of rotatable bonds is 12. The second kappa shape index (κ2) is 11.9. The Bertz CT molecular complexity index is 1310. The zero-order valence-corrected chi connectivity index (χ0v) is 21.2. The summed E-state index contributed by atoms with van der Waals surface area (Å²) in [5, 5.41) is 8.65. The molecule has 36 heavy (non-hydrogen) atoms.